The van der Waals surface area contributed by atoms with E-state index in [0.717, 1.165) is 6.34 Å². The molecular formula is C7H12Cl3N5O2. The van der Waals surface area contributed by atoms with Crippen molar-refractivity contribution in [2.75, 3.05) is 20.7 Å². The van der Waals surface area contributed by atoms with Crippen LogP contribution in [0.15, 0.2) is 10.1 Å². The number of carbonyl (C=O) groups is 1. The number of aliphatic imine (C=N–C) groups is 1. The lowest BCUT2D eigenvalue weighted by Crippen LogP contribution is -2.33. The number of hydrogen-bond acceptors (Lipinski definition) is 4. The molecule has 17 heavy (non-hydrogen) atoms. The molecule has 0 saturated heterocycles. The zero-order valence-electron chi connectivity index (χ0n) is 9.13. The van der Waals surface area contributed by atoms with Crippen molar-refractivity contribution in [3.05, 3.63) is 0 Å². The first-order valence-electron chi connectivity index (χ1n) is 4.31. The fourth-order valence-corrected chi connectivity index (χ4v) is 0.749. The van der Waals surface area contributed by atoms with Gasteiger partial charge in [0.15, 0.2) is 0 Å². The van der Waals surface area contributed by atoms with Crippen LogP contribution in [0.25, 0.3) is 0 Å². The predicted molar refractivity (Wildman–Crippen MR) is 68.8 cm³/mol. The van der Waals surface area contributed by atoms with E-state index in [2.05, 4.69) is 30.9 Å². The van der Waals surface area contributed by atoms with Crippen molar-refractivity contribution in [2.24, 2.45) is 10.1 Å². The van der Waals surface area contributed by atoms with Gasteiger partial charge < -0.3 is 10.1 Å². The molecule has 0 aromatic carbocycles. The number of hydrogen-bond donors (Lipinski definition) is 3. The highest BCUT2D eigenvalue weighted by molar-refractivity contribution is 6.67. The molecule has 0 aliphatic carbocycles. The van der Waals surface area contributed by atoms with Gasteiger partial charge in [-0.05, 0) is 0 Å². The number of nitrogens with zero attached hydrogens (tertiary/aromatic N) is 2. The van der Waals surface area contributed by atoms with Gasteiger partial charge in [0, 0.05) is 14.1 Å². The van der Waals surface area contributed by atoms with Gasteiger partial charge in [0.2, 0.25) is 9.75 Å². The molecule has 0 bridgehead atoms. The second-order valence-corrected chi connectivity index (χ2v) is 5.04. The van der Waals surface area contributed by atoms with Gasteiger partial charge in [-0.3, -0.25) is 10.3 Å². The predicted octanol–water partition coefficient (Wildman–Crippen LogP) is 0.821. The molecule has 0 aliphatic rings. The molecule has 0 heterocycles. The SMILES string of the molecule is CN=C(NC)NN=CNC(=O)OCC(Cl)(Cl)Cl. The Morgan fingerprint density at radius 1 is 1.47 bits per heavy atom. The number of ether oxygens (including phenoxy) is 1. The summed E-state index contributed by atoms with van der Waals surface area (Å²) in [6.07, 6.45) is 0.282. The Balaban J connectivity index is 3.81. The number of alkyl carbamates (subject to hydrolysis) is 1. The van der Waals surface area contributed by atoms with E-state index in [1.807, 2.05) is 0 Å². The lowest BCUT2D eigenvalue weighted by molar-refractivity contribution is 0.154. The van der Waals surface area contributed by atoms with Crippen LogP contribution in [0.4, 0.5) is 4.79 Å². The Morgan fingerprint density at radius 2 is 2.12 bits per heavy atom. The van der Waals surface area contributed by atoms with Crippen LogP contribution in [-0.4, -0.2) is 42.9 Å². The summed E-state index contributed by atoms with van der Waals surface area (Å²) in [5.74, 6) is 0.428. The minimum absolute atomic E-state index is 0.358. The van der Waals surface area contributed by atoms with E-state index < -0.39 is 9.89 Å². The van der Waals surface area contributed by atoms with E-state index in [4.69, 9.17) is 34.8 Å². The van der Waals surface area contributed by atoms with Gasteiger partial charge in [0.1, 0.15) is 12.9 Å². The maximum atomic E-state index is 11.0. The average molecular weight is 305 g/mol. The van der Waals surface area contributed by atoms with Gasteiger partial charge in [0.05, 0.1) is 0 Å². The van der Waals surface area contributed by atoms with Crippen LogP contribution >= 0.6 is 34.8 Å². The van der Waals surface area contributed by atoms with Crippen molar-refractivity contribution in [3.8, 4) is 0 Å². The van der Waals surface area contributed by atoms with Gasteiger partial charge >= 0.3 is 6.09 Å². The number of carbonyl (C=O) groups excluding carboxylic acids is 1. The van der Waals surface area contributed by atoms with E-state index in [-0.39, 0.29) is 6.61 Å². The largest absolute Gasteiger partial charge is 0.445 e. The second kappa shape index (κ2) is 8.21. The molecular weight excluding hydrogens is 292 g/mol. The molecule has 98 valence electrons. The van der Waals surface area contributed by atoms with E-state index in [1.165, 1.54) is 0 Å². The van der Waals surface area contributed by atoms with Crippen molar-refractivity contribution in [1.82, 2.24) is 16.1 Å². The summed E-state index contributed by atoms with van der Waals surface area (Å²) in [5, 5.41) is 8.52. The molecule has 10 heteroatoms. The zero-order chi connectivity index (χ0) is 13.3. The summed E-state index contributed by atoms with van der Waals surface area (Å²) in [6.45, 7) is -0.358. The summed E-state index contributed by atoms with van der Waals surface area (Å²) in [5.41, 5.74) is 2.51. The molecule has 1 amide bonds. The fourth-order valence-electron chi connectivity index (χ4n) is 0.585. The highest BCUT2D eigenvalue weighted by Crippen LogP contribution is 2.25. The third-order valence-corrected chi connectivity index (χ3v) is 1.57. The van der Waals surface area contributed by atoms with Crippen molar-refractivity contribution in [3.63, 3.8) is 0 Å². The second-order valence-electron chi connectivity index (χ2n) is 2.53. The van der Waals surface area contributed by atoms with E-state index in [1.54, 1.807) is 14.1 Å². The van der Waals surface area contributed by atoms with Crippen LogP contribution in [0.3, 0.4) is 0 Å². The maximum absolute atomic E-state index is 11.0. The number of guanidine groups is 1. The first-order valence-corrected chi connectivity index (χ1v) is 5.44. The Labute approximate surface area is 114 Å². The number of amides is 1. The molecule has 0 aromatic rings. The summed E-state index contributed by atoms with van der Waals surface area (Å²) < 4.78 is 2.92. The van der Waals surface area contributed by atoms with Crippen LogP contribution in [0.1, 0.15) is 0 Å². The van der Waals surface area contributed by atoms with Crippen LogP contribution in [0, 0.1) is 0 Å². The van der Waals surface area contributed by atoms with Gasteiger partial charge in [-0.2, -0.15) is 5.10 Å². The lowest BCUT2D eigenvalue weighted by Gasteiger charge is -2.10. The Morgan fingerprint density at radius 3 is 2.59 bits per heavy atom. The molecule has 3 N–H and O–H groups in total. The number of rotatable bonds is 3. The molecule has 0 atom stereocenters. The molecule has 7 nitrogen and oxygen atoms in total. The normalized spacial score (nSPS) is 12.4. The number of nitrogens with one attached hydrogen (secondary N) is 3. The first kappa shape index (κ1) is 16.1. The molecule has 0 aliphatic heterocycles. The Bertz CT molecular complexity index is 302. The third-order valence-electron chi connectivity index (χ3n) is 1.24. The Hall–Kier alpha value is -0.920. The number of alkyl halides is 3. The van der Waals surface area contributed by atoms with Gasteiger partial charge in [-0.15, -0.1) is 0 Å². The quantitative estimate of drug-likeness (QED) is 0.312. The van der Waals surface area contributed by atoms with Crippen molar-refractivity contribution in [2.45, 2.75) is 3.79 Å². The molecule has 0 rings (SSSR count). The van der Waals surface area contributed by atoms with E-state index in [0.29, 0.717) is 5.96 Å². The number of hydrazone groups is 1. The van der Waals surface area contributed by atoms with E-state index >= 15 is 0 Å². The average Bonchev–Trinajstić information content (AvgIpc) is 2.26. The standard InChI is InChI=1S/C7H12Cl3N5O2/c1-11-5(12-2)15-14-4-13-6(16)17-3-7(8,9)10/h4H,3H2,1-2H3,(H2,11,12,15)(H,13,14,16). The summed E-state index contributed by atoms with van der Waals surface area (Å²) in [7, 11) is 3.23. The van der Waals surface area contributed by atoms with E-state index in [9.17, 15) is 4.79 Å². The molecule has 0 saturated carbocycles. The zero-order valence-corrected chi connectivity index (χ0v) is 11.4. The minimum atomic E-state index is -1.64. The topological polar surface area (TPSA) is 87.1 Å². The smallest absolute Gasteiger partial charge is 0.412 e. The van der Waals surface area contributed by atoms with Gasteiger partial charge in [0.25, 0.3) is 0 Å². The number of halogens is 3. The van der Waals surface area contributed by atoms with Crippen molar-refractivity contribution < 1.29 is 9.53 Å². The lowest BCUT2D eigenvalue weighted by atomic mass is 10.8. The van der Waals surface area contributed by atoms with Crippen LogP contribution in [0.5, 0.6) is 0 Å². The Kier molecular flexibility index (Phi) is 7.77. The molecule has 0 spiro atoms. The fraction of sp³-hybridized carbons (Fsp3) is 0.571. The molecule has 0 unspecified atom stereocenters. The van der Waals surface area contributed by atoms with Crippen molar-refractivity contribution in [1.29, 1.82) is 0 Å². The van der Waals surface area contributed by atoms with Gasteiger partial charge in [-0.1, -0.05) is 34.8 Å². The first-order chi connectivity index (χ1) is 7.89. The third kappa shape index (κ3) is 9.98. The van der Waals surface area contributed by atoms with Crippen LogP contribution < -0.4 is 16.1 Å². The van der Waals surface area contributed by atoms with Crippen LogP contribution in [0.2, 0.25) is 0 Å². The van der Waals surface area contributed by atoms with Gasteiger partial charge in [-0.25, -0.2) is 10.2 Å². The highest BCUT2D eigenvalue weighted by atomic mass is 35.6. The molecule has 0 fully saturated rings. The summed E-state index contributed by atoms with van der Waals surface area (Å²) in [4.78, 5) is 14.8. The van der Waals surface area contributed by atoms with Crippen LogP contribution in [-0.2, 0) is 4.74 Å². The minimum Gasteiger partial charge on any atom is -0.445 e. The molecule has 0 aromatic heterocycles. The summed E-state index contributed by atoms with van der Waals surface area (Å²) >= 11 is 16.1. The summed E-state index contributed by atoms with van der Waals surface area (Å²) in [6, 6.07) is 0. The van der Waals surface area contributed by atoms with Crippen molar-refractivity contribution >= 4 is 53.2 Å². The molecule has 0 radical (unpaired) electrons. The highest BCUT2D eigenvalue weighted by Gasteiger charge is 2.21. The monoisotopic (exact) mass is 303 g/mol. The maximum Gasteiger partial charge on any atom is 0.412 e.